The average Bonchev–Trinajstić information content (AvgIpc) is 3.33. The molecule has 2 aromatic heterocycles. The topological polar surface area (TPSA) is 83.5 Å². The Bertz CT molecular complexity index is 1050. The molecule has 166 valence electrons. The van der Waals surface area contributed by atoms with Crippen molar-refractivity contribution in [1.29, 1.82) is 0 Å². The molecule has 1 saturated heterocycles. The summed E-state index contributed by atoms with van der Waals surface area (Å²) in [5.74, 6) is 2.29. The van der Waals surface area contributed by atoms with Crippen LogP contribution in [0.2, 0.25) is 0 Å². The third kappa shape index (κ3) is 5.14. The van der Waals surface area contributed by atoms with Gasteiger partial charge < -0.3 is 19.9 Å². The first kappa shape index (κ1) is 21.5. The van der Waals surface area contributed by atoms with E-state index < -0.39 is 0 Å². The number of carbonyl (C=O) groups excluding carboxylic acids is 1. The summed E-state index contributed by atoms with van der Waals surface area (Å²) in [4.78, 5) is 30.2. The number of rotatable bonds is 8. The Labute approximate surface area is 188 Å². The molecule has 1 N–H and O–H groups in total. The van der Waals surface area contributed by atoms with Gasteiger partial charge in [-0.1, -0.05) is 12.1 Å². The number of likely N-dealkylation sites (tertiary alicyclic amines) is 1. The van der Waals surface area contributed by atoms with Crippen LogP contribution in [0.3, 0.4) is 0 Å². The lowest BCUT2D eigenvalue weighted by molar-refractivity contribution is -0.132. The molecule has 3 aromatic rings. The molecule has 0 bridgehead atoms. The predicted octanol–water partition coefficient (Wildman–Crippen LogP) is 3.81. The standard InChI is InChI=1S/C24H28N6O2/c1-29(18-6-3-7-19(16-18)32-2)15-11-24(31)30-14-5-9-21(30)20-8-4-10-22(27-20)28-23-17-25-12-13-26-23/h3-4,6-8,10,12-13,16-17,21H,5,9,11,14-15H2,1-2H3,(H,26,27,28). The Kier molecular flexibility index (Phi) is 6.79. The maximum absolute atomic E-state index is 13.1. The van der Waals surface area contributed by atoms with Crippen LogP contribution >= 0.6 is 0 Å². The molecule has 0 saturated carbocycles. The van der Waals surface area contributed by atoms with E-state index in [0.717, 1.165) is 36.5 Å². The first-order valence-electron chi connectivity index (χ1n) is 10.8. The summed E-state index contributed by atoms with van der Waals surface area (Å²) in [6, 6.07) is 13.7. The monoisotopic (exact) mass is 432 g/mol. The van der Waals surface area contributed by atoms with E-state index >= 15 is 0 Å². The van der Waals surface area contributed by atoms with Crippen LogP contribution < -0.4 is 15.0 Å². The molecule has 0 radical (unpaired) electrons. The Hall–Kier alpha value is -3.68. The zero-order chi connectivity index (χ0) is 22.3. The minimum atomic E-state index is -0.00627. The fourth-order valence-electron chi connectivity index (χ4n) is 3.96. The number of nitrogens with one attached hydrogen (secondary N) is 1. The van der Waals surface area contributed by atoms with E-state index in [2.05, 4.69) is 20.2 Å². The van der Waals surface area contributed by atoms with E-state index in [4.69, 9.17) is 9.72 Å². The number of nitrogens with zero attached hydrogens (tertiary/aromatic N) is 5. The predicted molar refractivity (Wildman–Crippen MR) is 124 cm³/mol. The van der Waals surface area contributed by atoms with Gasteiger partial charge in [-0.25, -0.2) is 9.97 Å². The molecule has 3 heterocycles. The van der Waals surface area contributed by atoms with E-state index in [-0.39, 0.29) is 11.9 Å². The maximum atomic E-state index is 13.1. The van der Waals surface area contributed by atoms with E-state index in [9.17, 15) is 4.79 Å². The quantitative estimate of drug-likeness (QED) is 0.579. The van der Waals surface area contributed by atoms with Gasteiger partial charge in [-0.3, -0.25) is 9.78 Å². The van der Waals surface area contributed by atoms with Gasteiger partial charge in [0.1, 0.15) is 17.4 Å². The minimum absolute atomic E-state index is 0.00627. The number of benzene rings is 1. The molecule has 1 aromatic carbocycles. The third-order valence-corrected chi connectivity index (χ3v) is 5.66. The smallest absolute Gasteiger partial charge is 0.224 e. The van der Waals surface area contributed by atoms with Gasteiger partial charge in [0.05, 0.1) is 25.0 Å². The van der Waals surface area contributed by atoms with Gasteiger partial charge in [0.15, 0.2) is 0 Å². The summed E-state index contributed by atoms with van der Waals surface area (Å²) in [5, 5.41) is 3.17. The minimum Gasteiger partial charge on any atom is -0.497 e. The fraction of sp³-hybridized carbons (Fsp3) is 0.333. The number of hydrogen-bond acceptors (Lipinski definition) is 7. The first-order valence-corrected chi connectivity index (χ1v) is 10.8. The number of hydrogen-bond donors (Lipinski definition) is 1. The summed E-state index contributed by atoms with van der Waals surface area (Å²) in [7, 11) is 3.65. The van der Waals surface area contributed by atoms with Crippen LogP contribution in [0.1, 0.15) is 31.0 Å². The largest absolute Gasteiger partial charge is 0.497 e. The second kappa shape index (κ2) is 10.1. The molecule has 1 amide bonds. The van der Waals surface area contributed by atoms with Crippen LogP contribution in [0.25, 0.3) is 0 Å². The second-order valence-corrected chi connectivity index (χ2v) is 7.78. The second-order valence-electron chi connectivity index (χ2n) is 7.78. The van der Waals surface area contributed by atoms with Gasteiger partial charge in [0.2, 0.25) is 5.91 Å². The lowest BCUT2D eigenvalue weighted by Crippen LogP contribution is -2.33. The summed E-state index contributed by atoms with van der Waals surface area (Å²) in [6.45, 7) is 1.40. The Morgan fingerprint density at radius 2 is 2.09 bits per heavy atom. The summed E-state index contributed by atoms with van der Waals surface area (Å²) in [5.41, 5.74) is 1.92. The molecule has 1 aliphatic rings. The van der Waals surface area contributed by atoms with Crippen LogP contribution in [-0.4, -0.2) is 53.0 Å². The average molecular weight is 433 g/mol. The molecule has 0 aliphatic carbocycles. The lowest BCUT2D eigenvalue weighted by Gasteiger charge is -2.26. The van der Waals surface area contributed by atoms with Crippen molar-refractivity contribution < 1.29 is 9.53 Å². The van der Waals surface area contributed by atoms with Crippen molar-refractivity contribution in [2.75, 3.05) is 37.5 Å². The van der Waals surface area contributed by atoms with Crippen molar-refractivity contribution in [3.63, 3.8) is 0 Å². The van der Waals surface area contributed by atoms with Crippen molar-refractivity contribution in [2.45, 2.75) is 25.3 Å². The Morgan fingerprint density at radius 1 is 1.22 bits per heavy atom. The highest BCUT2D eigenvalue weighted by atomic mass is 16.5. The number of anilines is 3. The van der Waals surface area contributed by atoms with E-state index in [1.54, 1.807) is 25.7 Å². The molecule has 0 spiro atoms. The van der Waals surface area contributed by atoms with Crippen molar-refractivity contribution in [3.8, 4) is 5.75 Å². The zero-order valence-electron chi connectivity index (χ0n) is 18.4. The van der Waals surface area contributed by atoms with Gasteiger partial charge in [-0.15, -0.1) is 0 Å². The number of aromatic nitrogens is 3. The molecule has 4 rings (SSSR count). The van der Waals surface area contributed by atoms with E-state index in [1.807, 2.05) is 54.4 Å². The fourth-order valence-corrected chi connectivity index (χ4v) is 3.96. The van der Waals surface area contributed by atoms with E-state index in [1.165, 1.54) is 0 Å². The normalized spacial score (nSPS) is 15.4. The maximum Gasteiger partial charge on any atom is 0.224 e. The van der Waals surface area contributed by atoms with Crippen LogP contribution in [-0.2, 0) is 4.79 Å². The molecule has 32 heavy (non-hydrogen) atoms. The van der Waals surface area contributed by atoms with Gasteiger partial charge in [-0.05, 0) is 37.1 Å². The number of pyridine rings is 1. The highest BCUT2D eigenvalue weighted by Gasteiger charge is 2.30. The molecule has 1 aliphatic heterocycles. The van der Waals surface area contributed by atoms with Crippen LogP contribution in [0.15, 0.2) is 61.1 Å². The van der Waals surface area contributed by atoms with Crippen LogP contribution in [0, 0.1) is 0 Å². The highest BCUT2D eigenvalue weighted by Crippen LogP contribution is 2.32. The van der Waals surface area contributed by atoms with Crippen LogP contribution in [0.5, 0.6) is 5.75 Å². The molecule has 8 heteroatoms. The molecule has 1 unspecified atom stereocenters. The van der Waals surface area contributed by atoms with Gasteiger partial charge in [0, 0.05) is 50.7 Å². The number of carbonyl (C=O) groups is 1. The van der Waals surface area contributed by atoms with Crippen molar-refractivity contribution in [1.82, 2.24) is 19.9 Å². The van der Waals surface area contributed by atoms with Gasteiger partial charge in [0.25, 0.3) is 0 Å². The SMILES string of the molecule is COc1cccc(N(C)CCC(=O)N2CCCC2c2cccc(Nc3cnccn3)n2)c1. The van der Waals surface area contributed by atoms with Crippen molar-refractivity contribution in [2.24, 2.45) is 0 Å². The van der Waals surface area contributed by atoms with Gasteiger partial charge >= 0.3 is 0 Å². The van der Waals surface area contributed by atoms with Crippen molar-refractivity contribution in [3.05, 3.63) is 66.7 Å². The molecule has 1 fully saturated rings. The number of ether oxygens (including phenoxy) is 1. The van der Waals surface area contributed by atoms with Crippen LogP contribution in [0.4, 0.5) is 17.3 Å². The van der Waals surface area contributed by atoms with E-state index in [0.29, 0.717) is 24.6 Å². The number of amides is 1. The molecule has 8 nitrogen and oxygen atoms in total. The summed E-state index contributed by atoms with van der Waals surface area (Å²) < 4.78 is 5.30. The zero-order valence-corrected chi connectivity index (χ0v) is 18.4. The first-order chi connectivity index (χ1) is 15.6. The third-order valence-electron chi connectivity index (χ3n) is 5.66. The lowest BCUT2D eigenvalue weighted by atomic mass is 10.1. The molecular weight excluding hydrogens is 404 g/mol. The highest BCUT2D eigenvalue weighted by molar-refractivity contribution is 5.77. The number of methoxy groups -OCH3 is 1. The Morgan fingerprint density at radius 3 is 2.91 bits per heavy atom. The summed E-state index contributed by atoms with van der Waals surface area (Å²) in [6.07, 6.45) is 7.25. The van der Waals surface area contributed by atoms with Gasteiger partial charge in [-0.2, -0.15) is 0 Å². The van der Waals surface area contributed by atoms with Crippen molar-refractivity contribution >= 4 is 23.2 Å². The Balaban J connectivity index is 1.39. The molecule has 1 atom stereocenters. The summed E-state index contributed by atoms with van der Waals surface area (Å²) >= 11 is 0. The molecular formula is C24H28N6O2.